The maximum atomic E-state index is 11.3. The van der Waals surface area contributed by atoms with E-state index in [2.05, 4.69) is 4.74 Å². The zero-order valence-electron chi connectivity index (χ0n) is 7.87. The van der Waals surface area contributed by atoms with Gasteiger partial charge in [-0.1, -0.05) is 23.7 Å². The van der Waals surface area contributed by atoms with Gasteiger partial charge in [-0.05, 0) is 17.7 Å². The molecule has 0 radical (unpaired) electrons. The molecule has 0 heterocycles. The van der Waals surface area contributed by atoms with Crippen molar-refractivity contribution >= 4 is 17.6 Å². The van der Waals surface area contributed by atoms with Gasteiger partial charge in [0, 0.05) is 11.6 Å². The number of ether oxygens (including phenoxy) is 1. The van der Waals surface area contributed by atoms with Gasteiger partial charge in [-0.3, -0.25) is 4.79 Å². The van der Waals surface area contributed by atoms with Crippen molar-refractivity contribution in [3.63, 3.8) is 0 Å². The molecule has 14 heavy (non-hydrogen) atoms. The van der Waals surface area contributed by atoms with E-state index in [1.165, 1.54) is 7.11 Å². The number of hydrogen-bond donors (Lipinski definition) is 1. The molecule has 0 saturated carbocycles. The number of benzene rings is 1. The van der Waals surface area contributed by atoms with Crippen LogP contribution < -0.4 is 5.73 Å². The van der Waals surface area contributed by atoms with Gasteiger partial charge in [0.2, 0.25) is 0 Å². The molecule has 1 aromatic rings. The SMILES string of the molecule is COC(=O)C(CN)c1cccc(Cl)c1. The smallest absolute Gasteiger partial charge is 0.314 e. The predicted octanol–water partition coefficient (Wildman–Crippen LogP) is 1.56. The van der Waals surface area contributed by atoms with E-state index in [0.29, 0.717) is 5.02 Å². The number of rotatable bonds is 3. The molecule has 0 aromatic heterocycles. The molecule has 3 nitrogen and oxygen atoms in total. The van der Waals surface area contributed by atoms with E-state index >= 15 is 0 Å². The van der Waals surface area contributed by atoms with Gasteiger partial charge < -0.3 is 10.5 Å². The maximum absolute atomic E-state index is 11.3. The molecule has 4 heteroatoms. The number of nitrogens with two attached hydrogens (primary N) is 1. The predicted molar refractivity (Wildman–Crippen MR) is 55.3 cm³/mol. The average Bonchev–Trinajstić information content (AvgIpc) is 2.19. The molecule has 0 fully saturated rings. The van der Waals surface area contributed by atoms with Gasteiger partial charge in [-0.2, -0.15) is 0 Å². The molecule has 1 rings (SSSR count). The van der Waals surface area contributed by atoms with Crippen molar-refractivity contribution < 1.29 is 9.53 Å². The molecule has 0 spiro atoms. The first-order valence-corrected chi connectivity index (χ1v) is 4.60. The highest BCUT2D eigenvalue weighted by Gasteiger charge is 2.19. The molecule has 1 atom stereocenters. The van der Waals surface area contributed by atoms with Crippen LogP contribution in [0.3, 0.4) is 0 Å². The Morgan fingerprint density at radius 2 is 2.36 bits per heavy atom. The minimum atomic E-state index is -0.432. The monoisotopic (exact) mass is 213 g/mol. The summed E-state index contributed by atoms with van der Waals surface area (Å²) in [5.74, 6) is -0.770. The van der Waals surface area contributed by atoms with Gasteiger partial charge in [0.15, 0.2) is 0 Å². The summed E-state index contributed by atoms with van der Waals surface area (Å²) >= 11 is 5.80. The van der Waals surface area contributed by atoms with Crippen molar-refractivity contribution in [2.24, 2.45) is 5.73 Å². The van der Waals surface area contributed by atoms with Gasteiger partial charge in [0.25, 0.3) is 0 Å². The minimum absolute atomic E-state index is 0.215. The number of hydrogen-bond acceptors (Lipinski definition) is 3. The summed E-state index contributed by atoms with van der Waals surface area (Å²) in [6, 6.07) is 7.05. The van der Waals surface area contributed by atoms with Gasteiger partial charge in [0.1, 0.15) is 0 Å². The molecular weight excluding hydrogens is 202 g/mol. The van der Waals surface area contributed by atoms with Crippen LogP contribution in [0.1, 0.15) is 11.5 Å². The van der Waals surface area contributed by atoms with E-state index in [4.69, 9.17) is 17.3 Å². The summed E-state index contributed by atoms with van der Waals surface area (Å²) < 4.78 is 4.64. The van der Waals surface area contributed by atoms with Gasteiger partial charge in [-0.15, -0.1) is 0 Å². The van der Waals surface area contributed by atoms with Gasteiger partial charge >= 0.3 is 5.97 Å². The van der Waals surface area contributed by atoms with E-state index in [0.717, 1.165) is 5.56 Å². The van der Waals surface area contributed by atoms with Crippen molar-refractivity contribution in [2.75, 3.05) is 13.7 Å². The van der Waals surface area contributed by atoms with Crippen LogP contribution in [-0.4, -0.2) is 19.6 Å². The first-order chi connectivity index (χ1) is 6.69. The summed E-state index contributed by atoms with van der Waals surface area (Å²) in [5.41, 5.74) is 6.27. The fourth-order valence-electron chi connectivity index (χ4n) is 1.23. The zero-order chi connectivity index (χ0) is 10.6. The summed E-state index contributed by atoms with van der Waals surface area (Å²) in [5, 5.41) is 0.588. The number of esters is 1. The second-order valence-electron chi connectivity index (χ2n) is 2.87. The normalized spacial score (nSPS) is 12.2. The third-order valence-corrected chi connectivity index (χ3v) is 2.21. The number of halogens is 1. The highest BCUT2D eigenvalue weighted by Crippen LogP contribution is 2.19. The molecule has 2 N–H and O–H groups in total. The quantitative estimate of drug-likeness (QED) is 0.776. The summed E-state index contributed by atoms with van der Waals surface area (Å²) in [6.07, 6.45) is 0. The van der Waals surface area contributed by atoms with Crippen LogP contribution in [0.15, 0.2) is 24.3 Å². The fourth-order valence-corrected chi connectivity index (χ4v) is 1.43. The van der Waals surface area contributed by atoms with Crippen molar-refractivity contribution in [2.45, 2.75) is 5.92 Å². The topological polar surface area (TPSA) is 52.3 Å². The Labute approximate surface area is 87.8 Å². The van der Waals surface area contributed by atoms with Crippen LogP contribution in [0, 0.1) is 0 Å². The Hall–Kier alpha value is -1.06. The van der Waals surface area contributed by atoms with Crippen LogP contribution in [0.5, 0.6) is 0 Å². The zero-order valence-corrected chi connectivity index (χ0v) is 8.62. The van der Waals surface area contributed by atoms with E-state index in [9.17, 15) is 4.79 Å². The Morgan fingerprint density at radius 3 is 2.86 bits per heavy atom. The molecule has 1 aromatic carbocycles. The maximum Gasteiger partial charge on any atom is 0.314 e. The van der Waals surface area contributed by atoms with Crippen LogP contribution in [0.2, 0.25) is 5.02 Å². The average molecular weight is 214 g/mol. The lowest BCUT2D eigenvalue weighted by Gasteiger charge is -2.12. The number of methoxy groups -OCH3 is 1. The molecule has 0 saturated heterocycles. The molecule has 76 valence electrons. The third-order valence-electron chi connectivity index (χ3n) is 1.97. The summed E-state index contributed by atoms with van der Waals surface area (Å²) in [4.78, 5) is 11.3. The first kappa shape index (κ1) is 11.0. The fraction of sp³-hybridized carbons (Fsp3) is 0.300. The molecule has 0 bridgehead atoms. The van der Waals surface area contributed by atoms with Crippen molar-refractivity contribution in [3.05, 3.63) is 34.9 Å². The first-order valence-electron chi connectivity index (χ1n) is 4.22. The molecule has 0 amide bonds. The number of carbonyl (C=O) groups is 1. The van der Waals surface area contributed by atoms with E-state index < -0.39 is 5.92 Å². The van der Waals surface area contributed by atoms with Crippen LogP contribution >= 0.6 is 11.6 Å². The lowest BCUT2D eigenvalue weighted by Crippen LogP contribution is -2.22. The van der Waals surface area contributed by atoms with Gasteiger partial charge in [-0.25, -0.2) is 0 Å². The lowest BCUT2D eigenvalue weighted by atomic mass is 10.00. The van der Waals surface area contributed by atoms with Crippen molar-refractivity contribution in [3.8, 4) is 0 Å². The summed E-state index contributed by atoms with van der Waals surface area (Å²) in [7, 11) is 1.34. The third kappa shape index (κ3) is 2.47. The van der Waals surface area contributed by atoms with E-state index in [1.54, 1.807) is 24.3 Å². The molecule has 0 aliphatic carbocycles. The van der Waals surface area contributed by atoms with E-state index in [-0.39, 0.29) is 12.5 Å². The minimum Gasteiger partial charge on any atom is -0.469 e. The van der Waals surface area contributed by atoms with Crippen molar-refractivity contribution in [1.29, 1.82) is 0 Å². The Morgan fingerprint density at radius 1 is 1.64 bits per heavy atom. The van der Waals surface area contributed by atoms with Crippen LogP contribution in [-0.2, 0) is 9.53 Å². The standard InChI is InChI=1S/C10H12ClNO2/c1-14-10(13)9(6-12)7-3-2-4-8(11)5-7/h2-5,9H,6,12H2,1H3. The lowest BCUT2D eigenvalue weighted by molar-refractivity contribution is -0.142. The molecule has 0 aliphatic rings. The summed E-state index contributed by atoms with van der Waals surface area (Å²) in [6.45, 7) is 0.215. The molecular formula is C10H12ClNO2. The van der Waals surface area contributed by atoms with Crippen molar-refractivity contribution in [1.82, 2.24) is 0 Å². The molecule has 0 aliphatic heterocycles. The Bertz CT molecular complexity index is 328. The largest absolute Gasteiger partial charge is 0.469 e. The van der Waals surface area contributed by atoms with Gasteiger partial charge in [0.05, 0.1) is 13.0 Å². The molecule has 1 unspecified atom stereocenters. The highest BCUT2D eigenvalue weighted by molar-refractivity contribution is 6.30. The Balaban J connectivity index is 2.94. The van der Waals surface area contributed by atoms with Crippen LogP contribution in [0.25, 0.3) is 0 Å². The second-order valence-corrected chi connectivity index (χ2v) is 3.30. The second kappa shape index (κ2) is 4.98. The number of carbonyl (C=O) groups excluding carboxylic acids is 1. The highest BCUT2D eigenvalue weighted by atomic mass is 35.5. The van der Waals surface area contributed by atoms with Crippen LogP contribution in [0.4, 0.5) is 0 Å². The van der Waals surface area contributed by atoms with E-state index in [1.807, 2.05) is 0 Å². The Kier molecular flexibility index (Phi) is 3.92.